The third-order valence-electron chi connectivity index (χ3n) is 3.75. The van der Waals surface area contributed by atoms with Gasteiger partial charge >= 0.3 is 5.97 Å². The fraction of sp³-hybridized carbons (Fsp3) is 0.929. The average Bonchev–Trinajstić information content (AvgIpc) is 2.64. The van der Waals surface area contributed by atoms with Crippen molar-refractivity contribution in [3.8, 4) is 0 Å². The van der Waals surface area contributed by atoms with E-state index in [-0.39, 0.29) is 6.42 Å². The van der Waals surface area contributed by atoms with E-state index in [1.54, 1.807) is 0 Å². The largest absolute Gasteiger partial charge is 0.481 e. The second-order valence-corrected chi connectivity index (χ2v) is 5.98. The minimum Gasteiger partial charge on any atom is -0.481 e. The zero-order valence-electron chi connectivity index (χ0n) is 11.3. The van der Waals surface area contributed by atoms with Crippen molar-refractivity contribution in [1.82, 2.24) is 5.32 Å². The van der Waals surface area contributed by atoms with Crippen molar-refractivity contribution in [1.29, 1.82) is 0 Å². The van der Waals surface area contributed by atoms with Gasteiger partial charge in [0, 0.05) is 13.0 Å². The molecule has 1 fully saturated rings. The van der Waals surface area contributed by atoms with Crippen molar-refractivity contribution in [2.24, 2.45) is 11.3 Å². The smallest absolute Gasteiger partial charge is 0.303 e. The van der Waals surface area contributed by atoms with Crippen molar-refractivity contribution in [3.05, 3.63) is 0 Å². The van der Waals surface area contributed by atoms with E-state index in [1.165, 1.54) is 32.1 Å². The van der Waals surface area contributed by atoms with E-state index >= 15 is 0 Å². The molecule has 0 aliphatic heterocycles. The molecule has 0 atom stereocenters. The van der Waals surface area contributed by atoms with Gasteiger partial charge < -0.3 is 10.4 Å². The molecule has 0 radical (unpaired) electrons. The van der Waals surface area contributed by atoms with Crippen molar-refractivity contribution in [2.45, 2.75) is 58.8 Å². The molecule has 0 unspecified atom stereocenters. The van der Waals surface area contributed by atoms with Crippen LogP contribution < -0.4 is 5.32 Å². The lowest BCUT2D eigenvalue weighted by Gasteiger charge is -2.31. The second kappa shape index (κ2) is 7.00. The van der Waals surface area contributed by atoms with Crippen molar-refractivity contribution in [2.75, 3.05) is 13.1 Å². The van der Waals surface area contributed by atoms with E-state index in [4.69, 9.17) is 5.11 Å². The summed E-state index contributed by atoms with van der Waals surface area (Å²) in [5.74, 6) is 0.0680. The number of hydrogen-bond donors (Lipinski definition) is 2. The lowest BCUT2D eigenvalue weighted by Crippen LogP contribution is -2.34. The number of carboxylic acid groups (broad SMARTS) is 1. The molecule has 0 aromatic rings. The highest BCUT2D eigenvalue weighted by molar-refractivity contribution is 5.66. The summed E-state index contributed by atoms with van der Waals surface area (Å²) < 4.78 is 0. The Morgan fingerprint density at radius 2 is 2.00 bits per heavy atom. The Morgan fingerprint density at radius 1 is 1.35 bits per heavy atom. The quantitative estimate of drug-likeness (QED) is 0.642. The molecule has 0 aromatic heterocycles. The third kappa shape index (κ3) is 5.53. The molecular weight excluding hydrogens is 214 g/mol. The van der Waals surface area contributed by atoms with Gasteiger partial charge in [-0.25, -0.2) is 0 Å². The molecule has 3 heteroatoms. The summed E-state index contributed by atoms with van der Waals surface area (Å²) >= 11 is 0. The zero-order chi connectivity index (χ0) is 12.7. The summed E-state index contributed by atoms with van der Waals surface area (Å²) in [6.07, 6.45) is 7.75. The molecule has 0 saturated heterocycles. The Bertz CT molecular complexity index is 232. The van der Waals surface area contributed by atoms with Gasteiger partial charge in [-0.1, -0.05) is 26.7 Å². The van der Waals surface area contributed by atoms with Crippen LogP contribution in [0.3, 0.4) is 0 Å². The maximum atomic E-state index is 10.4. The Labute approximate surface area is 105 Å². The number of aliphatic carboxylic acids is 1. The van der Waals surface area contributed by atoms with Gasteiger partial charge in [0.15, 0.2) is 0 Å². The molecule has 3 nitrogen and oxygen atoms in total. The van der Waals surface area contributed by atoms with Gasteiger partial charge in [-0.2, -0.15) is 0 Å². The van der Waals surface area contributed by atoms with Crippen molar-refractivity contribution >= 4 is 5.97 Å². The lowest BCUT2D eigenvalue weighted by molar-refractivity contribution is -0.137. The van der Waals surface area contributed by atoms with Crippen molar-refractivity contribution < 1.29 is 9.90 Å². The third-order valence-corrected chi connectivity index (χ3v) is 3.75. The fourth-order valence-corrected chi connectivity index (χ4v) is 3.16. The molecule has 1 aliphatic carbocycles. The van der Waals surface area contributed by atoms with Crippen LogP contribution in [-0.2, 0) is 4.79 Å². The normalized spacial score (nSPS) is 18.8. The topological polar surface area (TPSA) is 49.3 Å². The summed E-state index contributed by atoms with van der Waals surface area (Å²) in [7, 11) is 0. The maximum absolute atomic E-state index is 10.4. The molecule has 0 bridgehead atoms. The molecule has 0 amide bonds. The minimum atomic E-state index is -0.690. The average molecular weight is 241 g/mol. The summed E-state index contributed by atoms with van der Waals surface area (Å²) in [6.45, 7) is 6.51. The lowest BCUT2D eigenvalue weighted by atomic mass is 9.78. The highest BCUT2D eigenvalue weighted by Gasteiger charge is 2.33. The number of carbonyl (C=O) groups is 1. The first kappa shape index (κ1) is 14.5. The first-order chi connectivity index (χ1) is 8.04. The molecule has 0 spiro atoms. The molecule has 17 heavy (non-hydrogen) atoms. The molecule has 0 aromatic carbocycles. The zero-order valence-corrected chi connectivity index (χ0v) is 11.3. The molecule has 1 aliphatic rings. The predicted octanol–water partition coefficient (Wildman–Crippen LogP) is 3.05. The van der Waals surface area contributed by atoms with E-state index in [0.29, 0.717) is 5.41 Å². The van der Waals surface area contributed by atoms with Crippen LogP contribution in [0.2, 0.25) is 0 Å². The first-order valence-electron chi connectivity index (χ1n) is 6.97. The molecular formula is C14H27NO2. The van der Waals surface area contributed by atoms with Gasteiger partial charge in [0.1, 0.15) is 0 Å². The number of hydrogen-bond acceptors (Lipinski definition) is 2. The van der Waals surface area contributed by atoms with Crippen LogP contribution in [0.15, 0.2) is 0 Å². The minimum absolute atomic E-state index is 0.282. The van der Waals surface area contributed by atoms with Crippen molar-refractivity contribution in [3.63, 3.8) is 0 Å². The van der Waals surface area contributed by atoms with Crippen LogP contribution in [-0.4, -0.2) is 24.2 Å². The Balaban J connectivity index is 2.23. The highest BCUT2D eigenvalue weighted by Crippen LogP contribution is 2.42. The number of nitrogens with one attached hydrogen (secondary N) is 1. The van der Waals surface area contributed by atoms with Gasteiger partial charge in [0.25, 0.3) is 0 Å². The van der Waals surface area contributed by atoms with Crippen LogP contribution in [0.1, 0.15) is 58.8 Å². The Morgan fingerprint density at radius 3 is 2.53 bits per heavy atom. The molecule has 0 heterocycles. The molecule has 1 rings (SSSR count). The standard InChI is InChI=1S/C14H27NO2/c1-12(2)10-14(7-3-4-8-14)11-15-9-5-6-13(16)17/h12,15H,3-11H2,1-2H3,(H,16,17). The predicted molar refractivity (Wildman–Crippen MR) is 70.1 cm³/mol. The van der Waals surface area contributed by atoms with Gasteiger partial charge in [0.05, 0.1) is 0 Å². The van der Waals surface area contributed by atoms with E-state index in [0.717, 1.165) is 25.4 Å². The van der Waals surface area contributed by atoms with Crippen LogP contribution in [0, 0.1) is 11.3 Å². The summed E-state index contributed by atoms with van der Waals surface area (Å²) in [5, 5.41) is 12.0. The summed E-state index contributed by atoms with van der Waals surface area (Å²) in [6, 6.07) is 0. The van der Waals surface area contributed by atoms with Crippen LogP contribution >= 0.6 is 0 Å². The van der Waals surface area contributed by atoms with E-state index in [2.05, 4.69) is 19.2 Å². The SMILES string of the molecule is CC(C)CC1(CNCCCC(=O)O)CCCC1. The fourth-order valence-electron chi connectivity index (χ4n) is 3.16. The second-order valence-electron chi connectivity index (χ2n) is 5.98. The molecule has 1 saturated carbocycles. The van der Waals surface area contributed by atoms with Gasteiger partial charge in [-0.05, 0) is 43.6 Å². The van der Waals surface area contributed by atoms with E-state index in [9.17, 15) is 4.79 Å². The molecule has 2 N–H and O–H groups in total. The van der Waals surface area contributed by atoms with Crippen LogP contribution in [0.5, 0.6) is 0 Å². The number of carboxylic acids is 1. The van der Waals surface area contributed by atoms with Crippen LogP contribution in [0.4, 0.5) is 0 Å². The van der Waals surface area contributed by atoms with E-state index < -0.39 is 5.97 Å². The van der Waals surface area contributed by atoms with Gasteiger partial charge in [-0.3, -0.25) is 4.79 Å². The van der Waals surface area contributed by atoms with Gasteiger partial charge in [-0.15, -0.1) is 0 Å². The Kier molecular flexibility index (Phi) is 5.96. The highest BCUT2D eigenvalue weighted by atomic mass is 16.4. The molecule has 100 valence electrons. The monoisotopic (exact) mass is 241 g/mol. The number of rotatable bonds is 8. The van der Waals surface area contributed by atoms with E-state index in [1.807, 2.05) is 0 Å². The maximum Gasteiger partial charge on any atom is 0.303 e. The van der Waals surface area contributed by atoms with Crippen LogP contribution in [0.25, 0.3) is 0 Å². The first-order valence-corrected chi connectivity index (χ1v) is 6.97. The summed E-state index contributed by atoms with van der Waals surface area (Å²) in [5.41, 5.74) is 0.497. The van der Waals surface area contributed by atoms with Gasteiger partial charge in [0.2, 0.25) is 0 Å². The summed E-state index contributed by atoms with van der Waals surface area (Å²) in [4.78, 5) is 10.4. The Hall–Kier alpha value is -0.570.